The molecule has 0 saturated carbocycles. The molecule has 1 saturated heterocycles. The number of carbonyl (C=O) groups is 1. The maximum atomic E-state index is 12.9. The first-order valence-electron chi connectivity index (χ1n) is 8.59. The fourth-order valence-corrected chi connectivity index (χ4v) is 4.64. The van der Waals surface area contributed by atoms with Gasteiger partial charge in [0.1, 0.15) is 13.2 Å². The fraction of sp³-hybridized carbons (Fsp3) is 0.588. The lowest BCUT2D eigenvalue weighted by Gasteiger charge is -2.34. The second-order valence-electron chi connectivity index (χ2n) is 6.32. The molecule has 2 aliphatic rings. The highest BCUT2D eigenvalue weighted by atomic mass is 32.2. The topological polar surface area (TPSA) is 76.2 Å². The summed E-state index contributed by atoms with van der Waals surface area (Å²) in [5, 5.41) is 0. The van der Waals surface area contributed by atoms with Crippen LogP contribution in [-0.4, -0.2) is 68.7 Å². The molecule has 0 spiro atoms. The summed E-state index contributed by atoms with van der Waals surface area (Å²) in [5.41, 5.74) is 1.41. The van der Waals surface area contributed by atoms with Gasteiger partial charge in [-0.05, 0) is 31.0 Å². The molecule has 8 heteroatoms. The van der Waals surface area contributed by atoms with E-state index in [-0.39, 0.29) is 11.7 Å². The van der Waals surface area contributed by atoms with Crippen molar-refractivity contribution in [3.8, 4) is 11.5 Å². The van der Waals surface area contributed by atoms with Crippen molar-refractivity contribution in [3.05, 3.63) is 23.3 Å². The van der Waals surface area contributed by atoms with E-state index in [1.807, 2.05) is 19.9 Å². The van der Waals surface area contributed by atoms with Crippen LogP contribution in [0.4, 0.5) is 0 Å². The lowest BCUT2D eigenvalue weighted by atomic mass is 10.1. The van der Waals surface area contributed by atoms with E-state index in [1.165, 1.54) is 4.31 Å². The highest BCUT2D eigenvalue weighted by molar-refractivity contribution is 7.89. The minimum Gasteiger partial charge on any atom is -0.486 e. The summed E-state index contributed by atoms with van der Waals surface area (Å²) in [5.74, 6) is 1.31. The summed E-state index contributed by atoms with van der Waals surface area (Å²) < 4.78 is 36.9. The number of hydrogen-bond donors (Lipinski definition) is 0. The van der Waals surface area contributed by atoms with Crippen LogP contribution in [0, 0.1) is 6.92 Å². The Labute approximate surface area is 148 Å². The summed E-state index contributed by atoms with van der Waals surface area (Å²) >= 11 is 0. The van der Waals surface area contributed by atoms with Crippen LogP contribution < -0.4 is 9.47 Å². The van der Waals surface area contributed by atoms with Gasteiger partial charge in [0.2, 0.25) is 10.0 Å². The van der Waals surface area contributed by atoms with Gasteiger partial charge in [0, 0.05) is 31.7 Å². The third-order valence-electron chi connectivity index (χ3n) is 4.50. The molecule has 2 heterocycles. The molecule has 0 aliphatic carbocycles. The van der Waals surface area contributed by atoms with Crippen molar-refractivity contribution >= 4 is 15.9 Å². The number of fused-ring (bicyclic) bond motifs is 1. The number of benzene rings is 1. The van der Waals surface area contributed by atoms with Crippen LogP contribution in [-0.2, 0) is 10.0 Å². The van der Waals surface area contributed by atoms with Crippen molar-refractivity contribution < 1.29 is 22.7 Å². The molecular formula is C17H24N2O5S. The van der Waals surface area contributed by atoms with E-state index in [0.29, 0.717) is 62.9 Å². The number of piperazine rings is 1. The molecule has 0 atom stereocenters. The molecule has 7 nitrogen and oxygen atoms in total. The van der Waals surface area contributed by atoms with E-state index in [2.05, 4.69) is 0 Å². The Morgan fingerprint density at radius 2 is 1.68 bits per heavy atom. The Balaban J connectivity index is 1.71. The first-order valence-corrected chi connectivity index (χ1v) is 10.2. The molecule has 3 rings (SSSR count). The van der Waals surface area contributed by atoms with Gasteiger partial charge in [0.15, 0.2) is 11.5 Å². The van der Waals surface area contributed by atoms with Crippen molar-refractivity contribution in [2.24, 2.45) is 0 Å². The Hall–Kier alpha value is -1.80. The molecule has 1 aromatic carbocycles. The second-order valence-corrected chi connectivity index (χ2v) is 8.41. The minimum atomic E-state index is -3.21. The highest BCUT2D eigenvalue weighted by Gasteiger charge is 2.29. The van der Waals surface area contributed by atoms with Gasteiger partial charge in [-0.1, -0.05) is 6.92 Å². The van der Waals surface area contributed by atoms with Gasteiger partial charge in [-0.2, -0.15) is 4.31 Å². The van der Waals surface area contributed by atoms with Gasteiger partial charge >= 0.3 is 0 Å². The maximum Gasteiger partial charge on any atom is 0.254 e. The third-order valence-corrected chi connectivity index (χ3v) is 6.58. The molecular weight excluding hydrogens is 344 g/mol. The molecule has 0 aromatic heterocycles. The normalized spacial score (nSPS) is 18.2. The first-order chi connectivity index (χ1) is 11.9. The summed E-state index contributed by atoms with van der Waals surface area (Å²) in [6, 6.07) is 3.55. The molecule has 138 valence electrons. The average Bonchev–Trinajstić information content (AvgIpc) is 2.60. The summed E-state index contributed by atoms with van der Waals surface area (Å²) in [6.07, 6.45) is 0.595. The quantitative estimate of drug-likeness (QED) is 0.800. The highest BCUT2D eigenvalue weighted by Crippen LogP contribution is 2.33. The summed E-state index contributed by atoms with van der Waals surface area (Å²) in [7, 11) is -3.21. The second kappa shape index (κ2) is 7.21. The molecule has 1 fully saturated rings. The van der Waals surface area contributed by atoms with Crippen molar-refractivity contribution in [3.63, 3.8) is 0 Å². The Bertz CT molecular complexity index is 755. The van der Waals surface area contributed by atoms with Crippen molar-refractivity contribution in [1.29, 1.82) is 0 Å². The van der Waals surface area contributed by atoms with Crippen molar-refractivity contribution in [2.75, 3.05) is 45.1 Å². The molecule has 0 radical (unpaired) electrons. The van der Waals surface area contributed by atoms with Crippen molar-refractivity contribution in [2.45, 2.75) is 20.3 Å². The number of sulfonamides is 1. The standard InChI is InChI=1S/C17H24N2O5S/c1-3-10-25(21,22)19-6-4-18(5-7-19)17(20)14-12-16-15(11-13(14)2)23-8-9-24-16/h11-12H,3-10H2,1-2H3. The Morgan fingerprint density at radius 1 is 1.08 bits per heavy atom. The van der Waals surface area contributed by atoms with Gasteiger partial charge < -0.3 is 14.4 Å². The number of ether oxygens (including phenoxy) is 2. The fourth-order valence-electron chi connectivity index (χ4n) is 3.15. The van der Waals surface area contributed by atoms with Gasteiger partial charge in [0.25, 0.3) is 5.91 Å². The lowest BCUT2D eigenvalue weighted by molar-refractivity contribution is 0.0696. The van der Waals surface area contributed by atoms with E-state index >= 15 is 0 Å². The largest absolute Gasteiger partial charge is 0.486 e. The van der Waals surface area contributed by atoms with Crippen LogP contribution in [0.2, 0.25) is 0 Å². The zero-order valence-corrected chi connectivity index (χ0v) is 15.5. The first kappa shape index (κ1) is 18.0. The van der Waals surface area contributed by atoms with Crippen molar-refractivity contribution in [1.82, 2.24) is 9.21 Å². The number of amides is 1. The monoisotopic (exact) mass is 368 g/mol. The van der Waals surface area contributed by atoms with Gasteiger partial charge in [-0.25, -0.2) is 8.42 Å². The van der Waals surface area contributed by atoms with Crippen LogP contribution in [0.3, 0.4) is 0 Å². The minimum absolute atomic E-state index is 0.0954. The van der Waals surface area contributed by atoms with Crippen LogP contribution in [0.25, 0.3) is 0 Å². The predicted octanol–water partition coefficient (Wildman–Crippen LogP) is 1.26. The van der Waals surface area contributed by atoms with Crippen LogP contribution in [0.15, 0.2) is 12.1 Å². The lowest BCUT2D eigenvalue weighted by Crippen LogP contribution is -2.51. The van der Waals surface area contributed by atoms with Crippen LogP contribution in [0.1, 0.15) is 29.3 Å². The molecule has 0 N–H and O–H groups in total. The summed E-state index contributed by atoms with van der Waals surface area (Å²) in [4.78, 5) is 14.6. The van der Waals surface area contributed by atoms with E-state index in [0.717, 1.165) is 5.56 Å². The third kappa shape index (κ3) is 3.74. The van der Waals surface area contributed by atoms with E-state index in [1.54, 1.807) is 11.0 Å². The van der Waals surface area contributed by atoms with Gasteiger partial charge in [0.05, 0.1) is 5.75 Å². The molecule has 2 aliphatic heterocycles. The molecule has 1 amide bonds. The van der Waals surface area contributed by atoms with Crippen LogP contribution in [0.5, 0.6) is 11.5 Å². The number of nitrogens with zero attached hydrogens (tertiary/aromatic N) is 2. The smallest absolute Gasteiger partial charge is 0.254 e. The number of carbonyl (C=O) groups excluding carboxylic acids is 1. The summed E-state index contributed by atoms with van der Waals surface area (Å²) in [6.45, 7) is 6.18. The zero-order valence-electron chi connectivity index (χ0n) is 14.7. The zero-order chi connectivity index (χ0) is 18.0. The predicted molar refractivity (Wildman–Crippen MR) is 93.7 cm³/mol. The van der Waals surface area contributed by atoms with Gasteiger partial charge in [-0.3, -0.25) is 4.79 Å². The Kier molecular flexibility index (Phi) is 5.19. The number of aryl methyl sites for hydroxylation is 1. The Morgan fingerprint density at radius 3 is 2.28 bits per heavy atom. The number of rotatable bonds is 4. The molecule has 1 aromatic rings. The van der Waals surface area contributed by atoms with E-state index in [9.17, 15) is 13.2 Å². The van der Waals surface area contributed by atoms with Crippen LogP contribution >= 0.6 is 0 Å². The molecule has 0 unspecified atom stereocenters. The number of hydrogen-bond acceptors (Lipinski definition) is 5. The van der Waals surface area contributed by atoms with E-state index < -0.39 is 10.0 Å². The average molecular weight is 368 g/mol. The van der Waals surface area contributed by atoms with Gasteiger partial charge in [-0.15, -0.1) is 0 Å². The molecule has 0 bridgehead atoms. The van der Waals surface area contributed by atoms with E-state index in [4.69, 9.17) is 9.47 Å². The molecule has 25 heavy (non-hydrogen) atoms. The SMILES string of the molecule is CCCS(=O)(=O)N1CCN(C(=O)c2cc3c(cc2C)OCCO3)CC1. The maximum absolute atomic E-state index is 12.9.